The SMILES string of the molecule is Cn1cnnc1Sc1ccc(Cl)cc1NC(=O)c1cc(Cl)c2c(c1)OCCO2. The Balaban J connectivity index is 1.62. The maximum absolute atomic E-state index is 12.8. The molecule has 1 amide bonds. The van der Waals surface area contributed by atoms with Gasteiger partial charge < -0.3 is 19.4 Å². The Bertz CT molecular complexity index is 1060. The molecule has 1 aliphatic heterocycles. The number of hydrogen-bond donors (Lipinski definition) is 1. The molecule has 0 bridgehead atoms. The van der Waals surface area contributed by atoms with Crippen molar-refractivity contribution in [3.8, 4) is 11.5 Å². The summed E-state index contributed by atoms with van der Waals surface area (Å²) in [5.41, 5.74) is 0.903. The molecule has 0 atom stereocenters. The van der Waals surface area contributed by atoms with Crippen molar-refractivity contribution in [2.24, 2.45) is 7.05 Å². The lowest BCUT2D eigenvalue weighted by atomic mass is 10.1. The van der Waals surface area contributed by atoms with Crippen molar-refractivity contribution in [1.82, 2.24) is 14.8 Å². The molecular weight excluding hydrogens is 423 g/mol. The molecule has 0 aliphatic carbocycles. The average molecular weight is 437 g/mol. The second kappa shape index (κ2) is 7.90. The van der Waals surface area contributed by atoms with Crippen LogP contribution in [0, 0.1) is 0 Å². The highest BCUT2D eigenvalue weighted by molar-refractivity contribution is 7.99. The Morgan fingerprint density at radius 2 is 2.04 bits per heavy atom. The molecule has 4 rings (SSSR count). The summed E-state index contributed by atoms with van der Waals surface area (Å²) >= 11 is 13.7. The fourth-order valence-electron chi connectivity index (χ4n) is 2.59. The minimum Gasteiger partial charge on any atom is -0.486 e. The number of ether oxygens (including phenoxy) is 2. The minimum absolute atomic E-state index is 0.321. The largest absolute Gasteiger partial charge is 0.486 e. The summed E-state index contributed by atoms with van der Waals surface area (Å²) in [6, 6.07) is 8.39. The van der Waals surface area contributed by atoms with Crippen LogP contribution >= 0.6 is 35.0 Å². The van der Waals surface area contributed by atoms with Gasteiger partial charge in [0.15, 0.2) is 16.7 Å². The quantitative estimate of drug-likeness (QED) is 0.656. The third-order valence-electron chi connectivity index (χ3n) is 3.92. The monoisotopic (exact) mass is 436 g/mol. The highest BCUT2D eigenvalue weighted by Gasteiger charge is 2.20. The molecule has 28 heavy (non-hydrogen) atoms. The van der Waals surface area contributed by atoms with Gasteiger partial charge >= 0.3 is 0 Å². The molecular formula is C18H14Cl2N4O3S. The summed E-state index contributed by atoms with van der Waals surface area (Å²) in [5.74, 6) is 0.551. The number of benzene rings is 2. The van der Waals surface area contributed by atoms with E-state index in [2.05, 4.69) is 15.5 Å². The molecule has 1 aromatic heterocycles. The highest BCUT2D eigenvalue weighted by Crippen LogP contribution is 2.39. The Morgan fingerprint density at radius 1 is 1.21 bits per heavy atom. The van der Waals surface area contributed by atoms with Crippen LogP contribution in [-0.2, 0) is 7.05 Å². The van der Waals surface area contributed by atoms with Gasteiger partial charge in [-0.3, -0.25) is 4.79 Å². The second-order valence-corrected chi connectivity index (χ2v) is 7.76. The molecule has 0 fully saturated rings. The van der Waals surface area contributed by atoms with Crippen LogP contribution in [-0.4, -0.2) is 33.9 Å². The summed E-state index contributed by atoms with van der Waals surface area (Å²) < 4.78 is 12.8. The first kappa shape index (κ1) is 18.9. The normalized spacial score (nSPS) is 12.7. The zero-order valence-corrected chi connectivity index (χ0v) is 16.9. The van der Waals surface area contributed by atoms with E-state index in [1.807, 2.05) is 13.1 Å². The van der Waals surface area contributed by atoms with Crippen LogP contribution in [0.5, 0.6) is 11.5 Å². The van der Waals surface area contributed by atoms with Crippen LogP contribution in [0.25, 0.3) is 0 Å². The summed E-state index contributed by atoms with van der Waals surface area (Å²) in [6.07, 6.45) is 1.60. The predicted molar refractivity (Wildman–Crippen MR) is 107 cm³/mol. The first-order valence-corrected chi connectivity index (χ1v) is 9.80. The van der Waals surface area contributed by atoms with Gasteiger partial charge in [0.2, 0.25) is 0 Å². The van der Waals surface area contributed by atoms with Crippen LogP contribution in [0.1, 0.15) is 10.4 Å². The number of rotatable bonds is 4. The minimum atomic E-state index is -0.346. The Hall–Kier alpha value is -2.42. The molecule has 0 radical (unpaired) electrons. The van der Waals surface area contributed by atoms with Gasteiger partial charge in [-0.1, -0.05) is 23.2 Å². The maximum atomic E-state index is 12.8. The number of amides is 1. The topological polar surface area (TPSA) is 78.3 Å². The molecule has 2 aromatic carbocycles. The lowest BCUT2D eigenvalue weighted by Gasteiger charge is -2.20. The molecule has 0 spiro atoms. The molecule has 0 saturated heterocycles. The van der Waals surface area contributed by atoms with Crippen LogP contribution < -0.4 is 14.8 Å². The third-order valence-corrected chi connectivity index (χ3v) is 5.56. The molecule has 10 heteroatoms. The summed E-state index contributed by atoms with van der Waals surface area (Å²) in [6.45, 7) is 0.824. The third kappa shape index (κ3) is 3.89. The van der Waals surface area contributed by atoms with Crippen LogP contribution in [0.15, 0.2) is 46.7 Å². The molecule has 0 unspecified atom stereocenters. The smallest absolute Gasteiger partial charge is 0.255 e. The van der Waals surface area contributed by atoms with E-state index in [-0.39, 0.29) is 5.91 Å². The Labute approximate surface area is 174 Å². The maximum Gasteiger partial charge on any atom is 0.255 e. The van der Waals surface area contributed by atoms with E-state index >= 15 is 0 Å². The van der Waals surface area contributed by atoms with Gasteiger partial charge in [0.05, 0.1) is 10.7 Å². The number of aromatic nitrogens is 3. The number of fused-ring (bicyclic) bond motifs is 1. The van der Waals surface area contributed by atoms with E-state index in [9.17, 15) is 4.79 Å². The molecule has 3 aromatic rings. The van der Waals surface area contributed by atoms with Crippen LogP contribution in [0.3, 0.4) is 0 Å². The standard InChI is InChI=1S/C18H14Cl2N4O3S/c1-24-9-21-23-18(24)28-15-3-2-11(19)8-13(15)22-17(25)10-6-12(20)16-14(7-10)26-4-5-27-16/h2-3,6-9H,4-5H2,1H3,(H,22,25). The fourth-order valence-corrected chi connectivity index (χ4v) is 3.86. The van der Waals surface area contributed by atoms with Crippen molar-refractivity contribution in [2.45, 2.75) is 10.1 Å². The van der Waals surface area contributed by atoms with E-state index in [0.717, 1.165) is 4.90 Å². The van der Waals surface area contributed by atoms with Gasteiger partial charge in [-0.2, -0.15) is 0 Å². The number of carbonyl (C=O) groups excluding carboxylic acids is 1. The van der Waals surface area contributed by atoms with Gasteiger partial charge in [0, 0.05) is 22.5 Å². The van der Waals surface area contributed by atoms with Gasteiger partial charge in [0.1, 0.15) is 19.5 Å². The number of nitrogens with zero attached hydrogens (tertiary/aromatic N) is 3. The van der Waals surface area contributed by atoms with Crippen molar-refractivity contribution in [3.05, 3.63) is 52.3 Å². The zero-order valence-electron chi connectivity index (χ0n) is 14.6. The van der Waals surface area contributed by atoms with Gasteiger partial charge in [-0.05, 0) is 42.1 Å². The van der Waals surface area contributed by atoms with Crippen molar-refractivity contribution in [2.75, 3.05) is 18.5 Å². The van der Waals surface area contributed by atoms with E-state index in [1.165, 1.54) is 11.8 Å². The summed E-state index contributed by atoms with van der Waals surface area (Å²) in [7, 11) is 1.84. The van der Waals surface area contributed by atoms with Crippen molar-refractivity contribution in [3.63, 3.8) is 0 Å². The second-order valence-electron chi connectivity index (χ2n) is 5.90. The van der Waals surface area contributed by atoms with Crippen molar-refractivity contribution < 1.29 is 14.3 Å². The number of anilines is 1. The number of aryl methyl sites for hydroxylation is 1. The molecule has 7 nitrogen and oxygen atoms in total. The predicted octanol–water partition coefficient (Wildman–Crippen LogP) is 4.30. The number of nitrogens with one attached hydrogen (secondary N) is 1. The molecule has 1 N–H and O–H groups in total. The highest BCUT2D eigenvalue weighted by atomic mass is 35.5. The zero-order chi connectivity index (χ0) is 19.7. The van der Waals surface area contributed by atoms with E-state index < -0.39 is 0 Å². The van der Waals surface area contributed by atoms with Crippen molar-refractivity contribution >= 4 is 46.6 Å². The van der Waals surface area contributed by atoms with Gasteiger partial charge in [0.25, 0.3) is 5.91 Å². The first-order valence-electron chi connectivity index (χ1n) is 8.23. The number of halogens is 2. The van der Waals surface area contributed by atoms with Crippen LogP contribution in [0.4, 0.5) is 5.69 Å². The summed E-state index contributed by atoms with van der Waals surface area (Å²) in [4.78, 5) is 13.6. The molecule has 1 aliphatic rings. The number of hydrogen-bond acceptors (Lipinski definition) is 6. The Kier molecular flexibility index (Phi) is 5.34. The van der Waals surface area contributed by atoms with Crippen LogP contribution in [0.2, 0.25) is 10.0 Å². The van der Waals surface area contributed by atoms with Gasteiger partial charge in [-0.15, -0.1) is 10.2 Å². The van der Waals surface area contributed by atoms with E-state index in [4.69, 9.17) is 32.7 Å². The lowest BCUT2D eigenvalue weighted by Crippen LogP contribution is -2.18. The number of carbonyl (C=O) groups is 1. The molecule has 2 heterocycles. The first-order chi connectivity index (χ1) is 13.5. The average Bonchev–Trinajstić information content (AvgIpc) is 3.08. The lowest BCUT2D eigenvalue weighted by molar-refractivity contribution is 0.102. The van der Waals surface area contributed by atoms with E-state index in [0.29, 0.717) is 51.2 Å². The fraction of sp³-hybridized carbons (Fsp3) is 0.167. The Morgan fingerprint density at radius 3 is 2.82 bits per heavy atom. The summed E-state index contributed by atoms with van der Waals surface area (Å²) in [5, 5.41) is 12.3. The van der Waals surface area contributed by atoms with Gasteiger partial charge in [-0.25, -0.2) is 0 Å². The molecule has 0 saturated carbocycles. The molecule has 144 valence electrons. The van der Waals surface area contributed by atoms with E-state index in [1.54, 1.807) is 35.2 Å². The van der Waals surface area contributed by atoms with Crippen molar-refractivity contribution in [1.29, 1.82) is 0 Å².